The maximum absolute atomic E-state index is 12.9. The van der Waals surface area contributed by atoms with E-state index in [-0.39, 0.29) is 5.78 Å². The number of ketones is 1. The second kappa shape index (κ2) is 8.78. The Balaban J connectivity index is 1.49. The van der Waals surface area contributed by atoms with Gasteiger partial charge in [-0.05, 0) is 78.1 Å². The van der Waals surface area contributed by atoms with E-state index in [1.807, 2.05) is 37.3 Å². The maximum Gasteiger partial charge on any atom is 0.185 e. The number of piperidine rings is 1. The molecule has 0 aliphatic carbocycles. The van der Waals surface area contributed by atoms with Gasteiger partial charge in [-0.3, -0.25) is 4.79 Å². The van der Waals surface area contributed by atoms with E-state index in [0.29, 0.717) is 13.0 Å². The van der Waals surface area contributed by atoms with Crippen molar-refractivity contribution in [1.29, 1.82) is 0 Å². The molecule has 0 radical (unpaired) electrons. The lowest BCUT2D eigenvalue weighted by Crippen LogP contribution is -2.29. The van der Waals surface area contributed by atoms with Crippen LogP contribution >= 0.6 is 33.9 Å². The Morgan fingerprint density at radius 3 is 2.68 bits per heavy atom. The van der Waals surface area contributed by atoms with Crippen LogP contribution in [-0.2, 0) is 13.0 Å². The normalized spacial score (nSPS) is 14.4. The van der Waals surface area contributed by atoms with Crippen molar-refractivity contribution < 1.29 is 4.79 Å². The molecule has 1 aromatic carbocycles. The largest absolute Gasteiger partial charge is 0.348 e. The summed E-state index contributed by atoms with van der Waals surface area (Å²) in [5, 5.41) is 3.25. The molecule has 0 saturated carbocycles. The van der Waals surface area contributed by atoms with Gasteiger partial charge >= 0.3 is 0 Å². The second-order valence-corrected chi connectivity index (χ2v) is 9.51. The minimum absolute atomic E-state index is 0.154. The van der Waals surface area contributed by atoms with Crippen molar-refractivity contribution >= 4 is 44.8 Å². The minimum Gasteiger partial charge on any atom is -0.348 e. The van der Waals surface area contributed by atoms with Crippen molar-refractivity contribution in [3.63, 3.8) is 0 Å². The van der Waals surface area contributed by atoms with Gasteiger partial charge in [0, 0.05) is 34.7 Å². The molecule has 1 fully saturated rings. The molecule has 6 heteroatoms. The monoisotopic (exact) mass is 505 g/mol. The molecular formula is C22H24IN3OS. The van der Waals surface area contributed by atoms with Crippen LogP contribution in [0.25, 0.3) is 0 Å². The summed E-state index contributed by atoms with van der Waals surface area (Å²) in [5.41, 5.74) is 3.96. The van der Waals surface area contributed by atoms with E-state index in [9.17, 15) is 4.79 Å². The molecule has 0 amide bonds. The average molecular weight is 505 g/mol. The van der Waals surface area contributed by atoms with Crippen LogP contribution in [0.2, 0.25) is 0 Å². The van der Waals surface area contributed by atoms with Crippen LogP contribution in [0.5, 0.6) is 0 Å². The number of halogens is 1. The van der Waals surface area contributed by atoms with Gasteiger partial charge in [0.15, 0.2) is 10.9 Å². The van der Waals surface area contributed by atoms with E-state index in [4.69, 9.17) is 4.98 Å². The van der Waals surface area contributed by atoms with Crippen LogP contribution in [0.15, 0.2) is 41.9 Å². The minimum atomic E-state index is 0.154. The molecule has 4 rings (SSSR count). The first-order valence-corrected chi connectivity index (χ1v) is 11.7. The summed E-state index contributed by atoms with van der Waals surface area (Å²) >= 11 is 4.00. The average Bonchev–Trinajstić information content (AvgIpc) is 3.31. The SMILES string of the molecule is Cc1cc(C(=O)Cc2ccc(I)cc2)n(Cc2csc(N3CCCCC3)n2)c1. The molecule has 2 aromatic heterocycles. The van der Waals surface area contributed by atoms with Gasteiger partial charge in [0.05, 0.1) is 17.9 Å². The van der Waals surface area contributed by atoms with Crippen LogP contribution in [0.3, 0.4) is 0 Å². The van der Waals surface area contributed by atoms with Gasteiger partial charge in [-0.15, -0.1) is 11.3 Å². The molecule has 3 aromatic rings. The summed E-state index contributed by atoms with van der Waals surface area (Å²) in [6.07, 6.45) is 6.31. The number of aryl methyl sites for hydroxylation is 1. The Bertz CT molecular complexity index is 955. The number of aromatic nitrogens is 2. The number of rotatable bonds is 6. The van der Waals surface area contributed by atoms with Gasteiger partial charge in [-0.1, -0.05) is 12.1 Å². The Morgan fingerprint density at radius 1 is 1.18 bits per heavy atom. The highest BCUT2D eigenvalue weighted by atomic mass is 127. The molecule has 1 aliphatic rings. The molecule has 28 heavy (non-hydrogen) atoms. The fraction of sp³-hybridized carbons (Fsp3) is 0.364. The quantitative estimate of drug-likeness (QED) is 0.336. The number of Topliss-reactive ketones (excluding diaryl/α,β-unsaturated/α-hetero) is 1. The molecule has 1 saturated heterocycles. The van der Waals surface area contributed by atoms with Crippen molar-refractivity contribution in [3.05, 3.63) is 68.0 Å². The zero-order valence-electron chi connectivity index (χ0n) is 16.0. The number of benzene rings is 1. The summed E-state index contributed by atoms with van der Waals surface area (Å²) in [6, 6.07) is 10.2. The number of carbonyl (C=O) groups is 1. The molecule has 4 nitrogen and oxygen atoms in total. The van der Waals surface area contributed by atoms with Gasteiger partial charge < -0.3 is 9.47 Å². The van der Waals surface area contributed by atoms with Crippen molar-refractivity contribution in [2.24, 2.45) is 0 Å². The standard InChI is InChI=1S/C22H24IN3OS/c1-16-11-20(21(27)12-17-5-7-18(23)8-6-17)26(13-16)14-19-15-28-22(24-19)25-9-3-2-4-10-25/h5-8,11,13,15H,2-4,9-10,12,14H2,1H3. The number of carbonyl (C=O) groups excluding carboxylic acids is 1. The molecule has 0 bridgehead atoms. The summed E-state index contributed by atoms with van der Waals surface area (Å²) in [6.45, 7) is 4.90. The lowest BCUT2D eigenvalue weighted by molar-refractivity contribution is 0.0984. The van der Waals surface area contributed by atoms with Crippen LogP contribution in [0.1, 0.15) is 46.6 Å². The van der Waals surface area contributed by atoms with Crippen LogP contribution in [0.4, 0.5) is 5.13 Å². The molecule has 0 atom stereocenters. The summed E-state index contributed by atoms with van der Waals surface area (Å²) in [4.78, 5) is 20.2. The fourth-order valence-corrected chi connectivity index (χ4v) is 4.90. The third kappa shape index (κ3) is 4.66. The van der Waals surface area contributed by atoms with Crippen molar-refractivity contribution in [2.45, 2.75) is 39.2 Å². The van der Waals surface area contributed by atoms with E-state index in [1.165, 1.54) is 22.8 Å². The van der Waals surface area contributed by atoms with Crippen molar-refractivity contribution in [2.75, 3.05) is 18.0 Å². The molecule has 3 heterocycles. The first-order chi connectivity index (χ1) is 13.6. The van der Waals surface area contributed by atoms with Crippen molar-refractivity contribution in [1.82, 2.24) is 9.55 Å². The van der Waals surface area contributed by atoms with E-state index >= 15 is 0 Å². The highest BCUT2D eigenvalue weighted by Gasteiger charge is 2.17. The number of hydrogen-bond acceptors (Lipinski definition) is 4. The lowest BCUT2D eigenvalue weighted by Gasteiger charge is -2.25. The summed E-state index contributed by atoms with van der Waals surface area (Å²) < 4.78 is 3.24. The number of anilines is 1. The van der Waals surface area contributed by atoms with Crippen LogP contribution < -0.4 is 4.90 Å². The smallest absolute Gasteiger partial charge is 0.185 e. The van der Waals surface area contributed by atoms with Gasteiger partial charge in [0.25, 0.3) is 0 Å². The molecule has 0 spiro atoms. The number of nitrogens with zero attached hydrogens (tertiary/aromatic N) is 3. The van der Waals surface area contributed by atoms with Crippen LogP contribution in [0, 0.1) is 10.5 Å². The van der Waals surface area contributed by atoms with E-state index in [0.717, 1.165) is 40.7 Å². The molecule has 1 aliphatic heterocycles. The third-order valence-electron chi connectivity index (χ3n) is 5.10. The fourth-order valence-electron chi connectivity index (χ4n) is 3.67. The molecular weight excluding hydrogens is 481 g/mol. The van der Waals surface area contributed by atoms with Gasteiger partial charge in [0.2, 0.25) is 0 Å². The summed E-state index contributed by atoms with van der Waals surface area (Å²) in [5.74, 6) is 0.154. The second-order valence-electron chi connectivity index (χ2n) is 7.43. The number of hydrogen-bond donors (Lipinski definition) is 0. The van der Waals surface area contributed by atoms with Gasteiger partial charge in [-0.2, -0.15) is 0 Å². The number of thiazole rings is 1. The predicted molar refractivity (Wildman–Crippen MR) is 124 cm³/mol. The predicted octanol–water partition coefficient (Wildman–Crippen LogP) is 5.32. The van der Waals surface area contributed by atoms with E-state index < -0.39 is 0 Å². The molecule has 0 unspecified atom stereocenters. The van der Waals surface area contributed by atoms with Gasteiger partial charge in [0.1, 0.15) is 0 Å². The Morgan fingerprint density at radius 2 is 1.93 bits per heavy atom. The first-order valence-electron chi connectivity index (χ1n) is 9.72. The van der Waals surface area contributed by atoms with Crippen LogP contribution in [-0.4, -0.2) is 28.4 Å². The molecule has 0 N–H and O–H groups in total. The van der Waals surface area contributed by atoms with E-state index in [1.54, 1.807) is 11.3 Å². The zero-order chi connectivity index (χ0) is 19.5. The van der Waals surface area contributed by atoms with Crippen molar-refractivity contribution in [3.8, 4) is 0 Å². The van der Waals surface area contributed by atoms with E-state index in [2.05, 4.69) is 43.6 Å². The van der Waals surface area contributed by atoms with Gasteiger partial charge in [-0.25, -0.2) is 4.98 Å². The highest BCUT2D eigenvalue weighted by molar-refractivity contribution is 14.1. The first kappa shape index (κ1) is 19.6. The third-order valence-corrected chi connectivity index (χ3v) is 6.76. The molecule has 146 valence electrons. The lowest BCUT2D eigenvalue weighted by atomic mass is 10.1. The Kier molecular flexibility index (Phi) is 6.16. The highest BCUT2D eigenvalue weighted by Crippen LogP contribution is 2.25. The maximum atomic E-state index is 12.9. The Hall–Kier alpha value is -1.67. The summed E-state index contributed by atoms with van der Waals surface area (Å²) in [7, 11) is 0. The topological polar surface area (TPSA) is 38.1 Å². The zero-order valence-corrected chi connectivity index (χ0v) is 19.0. The Labute approximate surface area is 183 Å².